The van der Waals surface area contributed by atoms with Crippen LogP contribution in [0.3, 0.4) is 0 Å². The Hall–Kier alpha value is -2.56. The van der Waals surface area contributed by atoms with Gasteiger partial charge in [0.1, 0.15) is 0 Å². The van der Waals surface area contributed by atoms with Crippen molar-refractivity contribution >= 4 is 17.8 Å². The molecule has 0 atom stereocenters. The number of benzene rings is 1. The molecule has 0 aromatic heterocycles. The Bertz CT molecular complexity index is 572. The van der Waals surface area contributed by atoms with E-state index in [9.17, 15) is 9.59 Å². The van der Waals surface area contributed by atoms with Crippen LogP contribution in [0.2, 0.25) is 0 Å². The summed E-state index contributed by atoms with van der Waals surface area (Å²) in [6, 6.07) is 9.30. The minimum Gasteiger partial charge on any atom is -0.482 e. The Morgan fingerprint density at radius 3 is 2.47 bits per heavy atom. The van der Waals surface area contributed by atoms with Crippen LogP contribution in [-0.4, -0.2) is 26.0 Å². The third-order valence-electron chi connectivity index (χ3n) is 2.65. The van der Waals surface area contributed by atoms with E-state index in [1.54, 1.807) is 6.08 Å². The predicted octanol–water partition coefficient (Wildman–Crippen LogP) is 1.23. The van der Waals surface area contributed by atoms with Crippen LogP contribution >= 0.6 is 0 Å². The maximum Gasteiger partial charge on any atom is 0.347 e. The van der Waals surface area contributed by atoms with Gasteiger partial charge in [-0.3, -0.25) is 4.79 Å². The van der Waals surface area contributed by atoms with E-state index in [2.05, 4.69) is 10.1 Å². The Kier molecular flexibility index (Phi) is 3.66. The molecule has 1 N–H and O–H groups in total. The van der Waals surface area contributed by atoms with Crippen LogP contribution in [0.5, 0.6) is 0 Å². The van der Waals surface area contributed by atoms with Crippen LogP contribution < -0.4 is 5.32 Å². The normalized spacial score (nSPS) is 16.5. The molecule has 0 saturated heterocycles. The molecule has 0 saturated carbocycles. The van der Waals surface area contributed by atoms with E-state index in [4.69, 9.17) is 4.74 Å². The Labute approximate surface area is 110 Å². The van der Waals surface area contributed by atoms with Gasteiger partial charge in [-0.05, 0) is 11.6 Å². The molecule has 0 aliphatic carbocycles. The first-order valence-electron chi connectivity index (χ1n) is 5.62. The number of Topliss-reactive ketones (excluding diaryl/α,β-unsaturated/α-hetero) is 1. The van der Waals surface area contributed by atoms with Crippen molar-refractivity contribution in [2.24, 2.45) is 0 Å². The van der Waals surface area contributed by atoms with Gasteiger partial charge in [0, 0.05) is 0 Å². The molecule has 0 fully saturated rings. The van der Waals surface area contributed by atoms with Crippen LogP contribution in [0.1, 0.15) is 5.56 Å². The van der Waals surface area contributed by atoms with Crippen LogP contribution in [0.15, 0.2) is 47.5 Å². The molecule has 1 aromatic rings. The Morgan fingerprint density at radius 2 is 1.89 bits per heavy atom. The number of hydrogen-bond acceptors (Lipinski definition) is 5. The summed E-state index contributed by atoms with van der Waals surface area (Å²) in [7, 11) is 2.60. The fourth-order valence-corrected chi connectivity index (χ4v) is 1.74. The number of nitrogens with one attached hydrogen (secondary N) is 1. The summed E-state index contributed by atoms with van der Waals surface area (Å²) in [5.41, 5.74) is 1.01. The molecule has 1 heterocycles. The summed E-state index contributed by atoms with van der Waals surface area (Å²) in [5, 5.41) is 2.77. The predicted molar refractivity (Wildman–Crippen MR) is 68.6 cm³/mol. The van der Waals surface area contributed by atoms with E-state index >= 15 is 0 Å². The van der Waals surface area contributed by atoms with E-state index in [0.29, 0.717) is 0 Å². The summed E-state index contributed by atoms with van der Waals surface area (Å²) in [6.07, 6.45) is 1.65. The van der Waals surface area contributed by atoms with Crippen LogP contribution in [-0.2, 0) is 19.1 Å². The average molecular weight is 259 g/mol. The minimum absolute atomic E-state index is 0.110. The molecule has 5 heteroatoms. The lowest BCUT2D eigenvalue weighted by Crippen LogP contribution is -2.13. The van der Waals surface area contributed by atoms with Crippen molar-refractivity contribution in [3.8, 4) is 0 Å². The number of rotatable bonds is 3. The third-order valence-corrected chi connectivity index (χ3v) is 2.65. The summed E-state index contributed by atoms with van der Waals surface area (Å²) in [5.74, 6) is -1.04. The van der Waals surface area contributed by atoms with Gasteiger partial charge in [-0.1, -0.05) is 30.3 Å². The van der Waals surface area contributed by atoms with Crippen molar-refractivity contribution in [2.75, 3.05) is 14.2 Å². The van der Waals surface area contributed by atoms with Gasteiger partial charge in [0.15, 0.2) is 5.57 Å². The van der Waals surface area contributed by atoms with Gasteiger partial charge in [-0.2, -0.15) is 0 Å². The standard InChI is InChI=1S/C14H13NO4/c1-18-13-11(14(17)19-2)12(16)10(15-13)8-9-6-4-3-5-7-9/h3-8,15H,1-2H3/b10-8-. The van der Waals surface area contributed by atoms with Crippen LogP contribution in [0.4, 0.5) is 0 Å². The maximum atomic E-state index is 12.1. The summed E-state index contributed by atoms with van der Waals surface area (Å²) < 4.78 is 9.56. The quantitative estimate of drug-likeness (QED) is 0.502. The zero-order valence-electron chi connectivity index (χ0n) is 10.6. The minimum atomic E-state index is -0.717. The van der Waals surface area contributed by atoms with E-state index in [0.717, 1.165) is 5.56 Å². The number of ketones is 1. The highest BCUT2D eigenvalue weighted by Gasteiger charge is 2.34. The summed E-state index contributed by atoms with van der Waals surface area (Å²) >= 11 is 0. The number of ether oxygens (including phenoxy) is 2. The van der Waals surface area contributed by atoms with Gasteiger partial charge in [-0.15, -0.1) is 0 Å². The van der Waals surface area contributed by atoms with Crippen molar-refractivity contribution in [3.63, 3.8) is 0 Å². The molecule has 0 bridgehead atoms. The molecule has 2 rings (SSSR count). The van der Waals surface area contributed by atoms with E-state index < -0.39 is 11.8 Å². The molecule has 1 aliphatic heterocycles. The fourth-order valence-electron chi connectivity index (χ4n) is 1.74. The first-order valence-corrected chi connectivity index (χ1v) is 5.62. The second-order valence-electron chi connectivity index (χ2n) is 3.82. The molecule has 0 radical (unpaired) electrons. The first kappa shape index (κ1) is 12.9. The lowest BCUT2D eigenvalue weighted by atomic mass is 10.1. The lowest BCUT2D eigenvalue weighted by Gasteiger charge is -2.02. The highest BCUT2D eigenvalue weighted by Crippen LogP contribution is 2.21. The van der Waals surface area contributed by atoms with Crippen LogP contribution in [0, 0.1) is 0 Å². The smallest absolute Gasteiger partial charge is 0.347 e. The van der Waals surface area contributed by atoms with Crippen molar-refractivity contribution in [1.29, 1.82) is 0 Å². The topological polar surface area (TPSA) is 64.6 Å². The molecule has 98 valence electrons. The second-order valence-corrected chi connectivity index (χ2v) is 3.82. The highest BCUT2D eigenvalue weighted by molar-refractivity contribution is 6.27. The van der Waals surface area contributed by atoms with Crippen LogP contribution in [0.25, 0.3) is 6.08 Å². The Balaban J connectivity index is 2.33. The molecule has 5 nitrogen and oxygen atoms in total. The van der Waals surface area contributed by atoms with Gasteiger partial charge >= 0.3 is 5.97 Å². The number of carbonyl (C=O) groups is 2. The molecule has 1 aliphatic rings. The Morgan fingerprint density at radius 1 is 1.21 bits per heavy atom. The molecule has 19 heavy (non-hydrogen) atoms. The number of methoxy groups -OCH3 is 2. The van der Waals surface area contributed by atoms with Crippen molar-refractivity contribution in [2.45, 2.75) is 0 Å². The van der Waals surface area contributed by atoms with Crippen molar-refractivity contribution in [1.82, 2.24) is 5.32 Å². The molecule has 0 spiro atoms. The largest absolute Gasteiger partial charge is 0.482 e. The molecule has 1 aromatic carbocycles. The molecular formula is C14H13NO4. The number of hydrogen-bond donors (Lipinski definition) is 1. The number of allylic oxidation sites excluding steroid dienone is 1. The average Bonchev–Trinajstić information content (AvgIpc) is 2.76. The lowest BCUT2D eigenvalue weighted by molar-refractivity contribution is -0.137. The third kappa shape index (κ3) is 2.49. The SMILES string of the molecule is COC(=O)C1=C(OC)N/C(=C\c2ccccc2)C1=O. The van der Waals surface area contributed by atoms with Gasteiger partial charge in [0.05, 0.1) is 19.9 Å². The maximum absolute atomic E-state index is 12.1. The molecular weight excluding hydrogens is 246 g/mol. The number of carbonyl (C=O) groups excluding carboxylic acids is 2. The molecule has 0 amide bonds. The van der Waals surface area contributed by atoms with Crippen molar-refractivity contribution < 1.29 is 19.1 Å². The zero-order chi connectivity index (χ0) is 13.8. The zero-order valence-corrected chi connectivity index (χ0v) is 10.6. The van der Waals surface area contributed by atoms with E-state index in [1.165, 1.54) is 14.2 Å². The number of esters is 1. The van der Waals surface area contributed by atoms with Gasteiger partial charge in [-0.25, -0.2) is 4.79 Å². The fraction of sp³-hybridized carbons (Fsp3) is 0.143. The van der Waals surface area contributed by atoms with E-state index in [-0.39, 0.29) is 17.2 Å². The van der Waals surface area contributed by atoms with Gasteiger partial charge in [0.2, 0.25) is 11.7 Å². The summed E-state index contributed by atoms with van der Waals surface area (Å²) in [4.78, 5) is 23.7. The van der Waals surface area contributed by atoms with Gasteiger partial charge in [0.25, 0.3) is 0 Å². The highest BCUT2D eigenvalue weighted by atomic mass is 16.5. The van der Waals surface area contributed by atoms with Gasteiger partial charge < -0.3 is 14.8 Å². The van der Waals surface area contributed by atoms with E-state index in [1.807, 2.05) is 30.3 Å². The second kappa shape index (κ2) is 5.39. The van der Waals surface area contributed by atoms with Crippen molar-refractivity contribution in [3.05, 3.63) is 53.0 Å². The summed E-state index contributed by atoms with van der Waals surface area (Å²) in [6.45, 7) is 0. The monoisotopic (exact) mass is 259 g/mol. The molecule has 0 unspecified atom stereocenters. The first-order chi connectivity index (χ1) is 9.17.